The van der Waals surface area contributed by atoms with Crippen molar-refractivity contribution >= 4 is 17.6 Å². The molecular formula is C15H21NO3. The van der Waals surface area contributed by atoms with Crippen molar-refractivity contribution < 1.29 is 14.3 Å². The summed E-state index contributed by atoms with van der Waals surface area (Å²) in [6.07, 6.45) is 1.02. The van der Waals surface area contributed by atoms with Crippen LogP contribution in [0.15, 0.2) is 24.3 Å². The third-order valence-corrected chi connectivity index (χ3v) is 3.29. The van der Waals surface area contributed by atoms with Gasteiger partial charge in [-0.2, -0.15) is 0 Å². The standard InChI is InChI=1S/C15H21NO3/c1-5-15(2,3)14(18)16-12-8-6-11(7-9-12)10-13(17)19-4/h6-9H,5,10H2,1-4H3,(H,16,18). The van der Waals surface area contributed by atoms with E-state index in [1.165, 1.54) is 7.11 Å². The summed E-state index contributed by atoms with van der Waals surface area (Å²) in [5.74, 6) is -0.278. The molecule has 0 unspecified atom stereocenters. The number of hydrogen-bond donors (Lipinski definition) is 1. The van der Waals surface area contributed by atoms with Gasteiger partial charge in [0.1, 0.15) is 0 Å². The summed E-state index contributed by atoms with van der Waals surface area (Å²) in [4.78, 5) is 23.1. The van der Waals surface area contributed by atoms with Gasteiger partial charge in [-0.05, 0) is 24.1 Å². The zero-order valence-corrected chi connectivity index (χ0v) is 11.9. The van der Waals surface area contributed by atoms with Crippen molar-refractivity contribution in [3.8, 4) is 0 Å². The normalized spacial score (nSPS) is 10.9. The predicted molar refractivity (Wildman–Crippen MR) is 74.9 cm³/mol. The molecule has 0 radical (unpaired) electrons. The van der Waals surface area contributed by atoms with Gasteiger partial charge in [-0.25, -0.2) is 0 Å². The van der Waals surface area contributed by atoms with Crippen molar-refractivity contribution in [1.82, 2.24) is 0 Å². The molecular weight excluding hydrogens is 242 g/mol. The van der Waals surface area contributed by atoms with Crippen LogP contribution in [0.5, 0.6) is 0 Å². The second-order valence-corrected chi connectivity index (χ2v) is 5.14. The van der Waals surface area contributed by atoms with Gasteiger partial charge < -0.3 is 10.1 Å². The SMILES string of the molecule is CCC(C)(C)C(=O)Nc1ccc(CC(=O)OC)cc1. The van der Waals surface area contributed by atoms with E-state index < -0.39 is 0 Å². The van der Waals surface area contributed by atoms with E-state index in [2.05, 4.69) is 10.1 Å². The topological polar surface area (TPSA) is 55.4 Å². The molecule has 4 heteroatoms. The highest BCUT2D eigenvalue weighted by Crippen LogP contribution is 2.22. The molecule has 1 N–H and O–H groups in total. The van der Waals surface area contributed by atoms with Gasteiger partial charge in [0.25, 0.3) is 0 Å². The number of hydrogen-bond acceptors (Lipinski definition) is 3. The first-order valence-electron chi connectivity index (χ1n) is 6.36. The summed E-state index contributed by atoms with van der Waals surface area (Å²) in [7, 11) is 1.36. The first kappa shape index (κ1) is 15.2. The van der Waals surface area contributed by atoms with Crippen molar-refractivity contribution in [3.63, 3.8) is 0 Å². The Morgan fingerprint density at radius 2 is 1.79 bits per heavy atom. The van der Waals surface area contributed by atoms with E-state index in [1.807, 2.05) is 32.9 Å². The first-order valence-corrected chi connectivity index (χ1v) is 6.36. The number of carbonyl (C=O) groups is 2. The van der Waals surface area contributed by atoms with E-state index in [1.54, 1.807) is 12.1 Å². The highest BCUT2D eigenvalue weighted by Gasteiger charge is 2.25. The van der Waals surface area contributed by atoms with E-state index in [-0.39, 0.29) is 23.7 Å². The number of rotatable bonds is 5. The molecule has 0 aliphatic rings. The highest BCUT2D eigenvalue weighted by atomic mass is 16.5. The number of carbonyl (C=O) groups excluding carboxylic acids is 2. The molecule has 1 amide bonds. The summed E-state index contributed by atoms with van der Waals surface area (Å²) < 4.78 is 4.60. The molecule has 0 aliphatic heterocycles. The quantitative estimate of drug-likeness (QED) is 0.831. The van der Waals surface area contributed by atoms with Crippen molar-refractivity contribution in [2.24, 2.45) is 5.41 Å². The lowest BCUT2D eigenvalue weighted by atomic mass is 9.89. The average Bonchev–Trinajstić information content (AvgIpc) is 2.40. The van der Waals surface area contributed by atoms with E-state index in [9.17, 15) is 9.59 Å². The van der Waals surface area contributed by atoms with Crippen LogP contribution >= 0.6 is 0 Å². The van der Waals surface area contributed by atoms with Crippen LogP contribution in [-0.4, -0.2) is 19.0 Å². The Kier molecular flexibility index (Phi) is 5.10. The molecule has 0 bridgehead atoms. The minimum absolute atomic E-state index is 0.00396. The van der Waals surface area contributed by atoms with Gasteiger partial charge in [0.05, 0.1) is 13.5 Å². The van der Waals surface area contributed by atoms with Gasteiger partial charge in [0, 0.05) is 11.1 Å². The Morgan fingerprint density at radius 1 is 1.21 bits per heavy atom. The molecule has 1 rings (SSSR count). The lowest BCUT2D eigenvalue weighted by Crippen LogP contribution is -2.29. The van der Waals surface area contributed by atoms with Gasteiger partial charge >= 0.3 is 5.97 Å². The summed E-state index contributed by atoms with van der Waals surface area (Å²) in [6.45, 7) is 5.81. The van der Waals surface area contributed by atoms with Crippen LogP contribution in [0.3, 0.4) is 0 Å². The number of nitrogens with one attached hydrogen (secondary N) is 1. The molecule has 0 heterocycles. The third kappa shape index (κ3) is 4.39. The number of esters is 1. The third-order valence-electron chi connectivity index (χ3n) is 3.29. The fourth-order valence-electron chi connectivity index (χ4n) is 1.41. The van der Waals surface area contributed by atoms with Crippen molar-refractivity contribution in [2.75, 3.05) is 12.4 Å². The highest BCUT2D eigenvalue weighted by molar-refractivity contribution is 5.94. The Morgan fingerprint density at radius 3 is 2.26 bits per heavy atom. The lowest BCUT2D eigenvalue weighted by molar-refractivity contribution is -0.139. The molecule has 0 fully saturated rings. The zero-order valence-electron chi connectivity index (χ0n) is 11.9. The van der Waals surface area contributed by atoms with E-state index in [0.717, 1.165) is 17.7 Å². The lowest BCUT2D eigenvalue weighted by Gasteiger charge is -2.21. The maximum absolute atomic E-state index is 12.0. The molecule has 1 aromatic carbocycles. The van der Waals surface area contributed by atoms with E-state index in [0.29, 0.717) is 0 Å². The number of amides is 1. The Balaban J connectivity index is 2.67. The Bertz CT molecular complexity index is 449. The van der Waals surface area contributed by atoms with Gasteiger partial charge in [-0.1, -0.05) is 32.9 Å². The fourth-order valence-corrected chi connectivity index (χ4v) is 1.41. The summed E-state index contributed by atoms with van der Waals surface area (Å²) in [6, 6.07) is 7.21. The predicted octanol–water partition coefficient (Wildman–Crippen LogP) is 2.78. The summed E-state index contributed by atoms with van der Waals surface area (Å²) in [5, 5.41) is 2.87. The van der Waals surface area contributed by atoms with Gasteiger partial charge in [-0.3, -0.25) is 9.59 Å². The van der Waals surface area contributed by atoms with Crippen molar-refractivity contribution in [3.05, 3.63) is 29.8 Å². The van der Waals surface area contributed by atoms with E-state index >= 15 is 0 Å². The van der Waals surface area contributed by atoms with Crippen molar-refractivity contribution in [1.29, 1.82) is 0 Å². The first-order chi connectivity index (χ1) is 8.89. The van der Waals surface area contributed by atoms with Crippen LogP contribution in [-0.2, 0) is 20.7 Å². The van der Waals surface area contributed by atoms with Gasteiger partial charge in [0.15, 0.2) is 0 Å². The second-order valence-electron chi connectivity index (χ2n) is 5.14. The smallest absolute Gasteiger partial charge is 0.309 e. The molecule has 1 aromatic rings. The Hall–Kier alpha value is -1.84. The molecule has 0 spiro atoms. The van der Waals surface area contributed by atoms with Crippen molar-refractivity contribution in [2.45, 2.75) is 33.6 Å². The minimum atomic E-state index is -0.384. The molecule has 0 saturated heterocycles. The monoisotopic (exact) mass is 263 g/mol. The van der Waals surface area contributed by atoms with Crippen LogP contribution in [0, 0.1) is 5.41 Å². The zero-order chi connectivity index (χ0) is 14.5. The fraction of sp³-hybridized carbons (Fsp3) is 0.467. The molecule has 19 heavy (non-hydrogen) atoms. The molecule has 104 valence electrons. The number of anilines is 1. The van der Waals surface area contributed by atoms with Crippen LogP contribution < -0.4 is 5.32 Å². The summed E-state index contributed by atoms with van der Waals surface area (Å²) >= 11 is 0. The van der Waals surface area contributed by atoms with Crippen LogP contribution in [0.1, 0.15) is 32.8 Å². The maximum Gasteiger partial charge on any atom is 0.309 e. The minimum Gasteiger partial charge on any atom is -0.469 e. The van der Waals surface area contributed by atoms with Gasteiger partial charge in [0.2, 0.25) is 5.91 Å². The Labute approximate surface area is 114 Å². The average molecular weight is 263 g/mol. The largest absolute Gasteiger partial charge is 0.469 e. The second kappa shape index (κ2) is 6.36. The van der Waals surface area contributed by atoms with Crippen LogP contribution in [0.2, 0.25) is 0 Å². The molecule has 0 aromatic heterocycles. The molecule has 4 nitrogen and oxygen atoms in total. The number of ether oxygens (including phenoxy) is 1. The molecule has 0 saturated carbocycles. The summed E-state index contributed by atoms with van der Waals surface area (Å²) in [5.41, 5.74) is 1.21. The number of methoxy groups -OCH3 is 1. The maximum atomic E-state index is 12.0. The molecule has 0 atom stereocenters. The van der Waals surface area contributed by atoms with Crippen LogP contribution in [0.25, 0.3) is 0 Å². The van der Waals surface area contributed by atoms with E-state index in [4.69, 9.17) is 0 Å². The number of benzene rings is 1. The van der Waals surface area contributed by atoms with Crippen LogP contribution in [0.4, 0.5) is 5.69 Å². The molecule has 0 aliphatic carbocycles. The van der Waals surface area contributed by atoms with Gasteiger partial charge in [-0.15, -0.1) is 0 Å².